The zero-order chi connectivity index (χ0) is 15.1. The summed E-state index contributed by atoms with van der Waals surface area (Å²) in [4.78, 5) is 2.74. The Morgan fingerprint density at radius 2 is 1.90 bits per heavy atom. The number of hydrogen-bond donors (Lipinski definition) is 1. The van der Waals surface area contributed by atoms with Crippen molar-refractivity contribution in [1.29, 1.82) is 0 Å². The third kappa shape index (κ3) is 5.12. The van der Waals surface area contributed by atoms with Crippen molar-refractivity contribution in [1.82, 2.24) is 10.2 Å². The molecule has 0 bridgehead atoms. The quantitative estimate of drug-likeness (QED) is 0.693. The standard InChI is InChI=1S/C19H32N2/c1-4-6-14-21(18-12-13-18)15-16(3)19(20-5-2)17-10-8-7-9-11-17/h7-11,16,18-20H,4-6,12-15H2,1-3H3. The number of unbranched alkanes of at least 4 members (excludes halogenated alkanes) is 1. The highest BCUT2D eigenvalue weighted by Crippen LogP contribution is 2.30. The molecule has 1 N–H and O–H groups in total. The normalized spacial score (nSPS) is 17.9. The van der Waals surface area contributed by atoms with Gasteiger partial charge in [-0.2, -0.15) is 0 Å². The van der Waals surface area contributed by atoms with Crippen LogP contribution in [0.3, 0.4) is 0 Å². The lowest BCUT2D eigenvalue weighted by Gasteiger charge is -2.31. The van der Waals surface area contributed by atoms with Crippen LogP contribution in [0.4, 0.5) is 0 Å². The molecule has 0 spiro atoms. The van der Waals surface area contributed by atoms with E-state index in [1.54, 1.807) is 0 Å². The first-order valence-electron chi connectivity index (χ1n) is 8.78. The molecule has 1 aromatic rings. The second kappa shape index (κ2) is 8.55. The molecule has 0 aliphatic heterocycles. The van der Waals surface area contributed by atoms with Crippen LogP contribution in [-0.4, -0.2) is 30.6 Å². The van der Waals surface area contributed by atoms with E-state index in [1.165, 1.54) is 44.3 Å². The third-order valence-corrected chi connectivity index (χ3v) is 4.54. The summed E-state index contributed by atoms with van der Waals surface area (Å²) < 4.78 is 0. The monoisotopic (exact) mass is 288 g/mol. The van der Waals surface area contributed by atoms with Crippen molar-refractivity contribution < 1.29 is 0 Å². The number of hydrogen-bond acceptors (Lipinski definition) is 2. The van der Waals surface area contributed by atoms with Gasteiger partial charge in [-0.25, -0.2) is 0 Å². The maximum atomic E-state index is 3.69. The summed E-state index contributed by atoms with van der Waals surface area (Å²) in [7, 11) is 0. The maximum absolute atomic E-state index is 3.69. The summed E-state index contributed by atoms with van der Waals surface area (Å²) in [6.45, 7) is 10.4. The van der Waals surface area contributed by atoms with Crippen LogP contribution in [0.25, 0.3) is 0 Å². The van der Waals surface area contributed by atoms with Crippen LogP contribution in [0.5, 0.6) is 0 Å². The highest BCUT2D eigenvalue weighted by molar-refractivity contribution is 5.19. The van der Waals surface area contributed by atoms with Crippen LogP contribution >= 0.6 is 0 Å². The van der Waals surface area contributed by atoms with Crippen LogP contribution < -0.4 is 5.32 Å². The van der Waals surface area contributed by atoms with Gasteiger partial charge in [0.2, 0.25) is 0 Å². The van der Waals surface area contributed by atoms with Gasteiger partial charge in [0.05, 0.1) is 0 Å². The molecule has 0 radical (unpaired) electrons. The summed E-state index contributed by atoms with van der Waals surface area (Å²) in [5, 5.41) is 3.69. The molecular formula is C19H32N2. The topological polar surface area (TPSA) is 15.3 Å². The number of rotatable bonds is 10. The van der Waals surface area contributed by atoms with Gasteiger partial charge < -0.3 is 10.2 Å². The van der Waals surface area contributed by atoms with Gasteiger partial charge in [0, 0.05) is 18.6 Å². The molecule has 1 aliphatic carbocycles. The van der Waals surface area contributed by atoms with E-state index in [9.17, 15) is 0 Å². The molecule has 1 aliphatic rings. The minimum Gasteiger partial charge on any atom is -0.310 e. The zero-order valence-corrected chi connectivity index (χ0v) is 14.0. The third-order valence-electron chi connectivity index (χ3n) is 4.54. The van der Waals surface area contributed by atoms with Crippen LogP contribution in [-0.2, 0) is 0 Å². The zero-order valence-electron chi connectivity index (χ0n) is 14.0. The molecule has 1 saturated carbocycles. The predicted molar refractivity (Wildman–Crippen MR) is 91.5 cm³/mol. The molecule has 21 heavy (non-hydrogen) atoms. The van der Waals surface area contributed by atoms with Crippen LogP contribution in [0.2, 0.25) is 0 Å². The molecule has 2 nitrogen and oxygen atoms in total. The Balaban J connectivity index is 1.98. The van der Waals surface area contributed by atoms with Crippen molar-refractivity contribution in [2.75, 3.05) is 19.6 Å². The van der Waals surface area contributed by atoms with Crippen molar-refractivity contribution in [3.05, 3.63) is 35.9 Å². The molecule has 2 unspecified atom stereocenters. The van der Waals surface area contributed by atoms with E-state index in [1.807, 2.05) is 0 Å². The Hall–Kier alpha value is -0.860. The van der Waals surface area contributed by atoms with Gasteiger partial charge in [0.25, 0.3) is 0 Å². The summed E-state index contributed by atoms with van der Waals surface area (Å²) >= 11 is 0. The van der Waals surface area contributed by atoms with Gasteiger partial charge in [-0.3, -0.25) is 0 Å². The second-order valence-corrected chi connectivity index (χ2v) is 6.50. The smallest absolute Gasteiger partial charge is 0.0358 e. The highest BCUT2D eigenvalue weighted by atomic mass is 15.2. The number of nitrogens with one attached hydrogen (secondary N) is 1. The van der Waals surface area contributed by atoms with E-state index < -0.39 is 0 Å². The Bertz CT molecular complexity index is 386. The minimum absolute atomic E-state index is 0.471. The molecule has 2 atom stereocenters. The van der Waals surface area contributed by atoms with E-state index in [0.29, 0.717) is 12.0 Å². The first-order chi connectivity index (χ1) is 10.3. The van der Waals surface area contributed by atoms with Crippen LogP contribution in [0.15, 0.2) is 30.3 Å². The fourth-order valence-electron chi connectivity index (χ4n) is 3.23. The van der Waals surface area contributed by atoms with Crippen molar-refractivity contribution >= 4 is 0 Å². The van der Waals surface area contributed by atoms with Gasteiger partial charge in [-0.15, -0.1) is 0 Å². The van der Waals surface area contributed by atoms with Crippen molar-refractivity contribution in [2.45, 2.75) is 58.5 Å². The average Bonchev–Trinajstić information content (AvgIpc) is 3.34. The van der Waals surface area contributed by atoms with E-state index >= 15 is 0 Å². The van der Waals surface area contributed by atoms with E-state index in [0.717, 1.165) is 12.6 Å². The van der Waals surface area contributed by atoms with E-state index in [2.05, 4.69) is 61.3 Å². The lowest BCUT2D eigenvalue weighted by atomic mass is 9.93. The van der Waals surface area contributed by atoms with Crippen molar-refractivity contribution in [3.63, 3.8) is 0 Å². The molecule has 2 rings (SSSR count). The second-order valence-electron chi connectivity index (χ2n) is 6.50. The molecule has 0 aromatic heterocycles. The van der Waals surface area contributed by atoms with Gasteiger partial charge in [0.1, 0.15) is 0 Å². The Morgan fingerprint density at radius 3 is 2.48 bits per heavy atom. The van der Waals surface area contributed by atoms with Crippen molar-refractivity contribution in [2.24, 2.45) is 5.92 Å². The SMILES string of the molecule is CCCCN(CC(C)C(NCC)c1ccccc1)C1CC1. The molecule has 0 amide bonds. The molecule has 118 valence electrons. The first kappa shape index (κ1) is 16.5. The van der Waals surface area contributed by atoms with Gasteiger partial charge in [-0.1, -0.05) is 57.5 Å². The fourth-order valence-corrected chi connectivity index (χ4v) is 3.23. The van der Waals surface area contributed by atoms with Gasteiger partial charge in [-0.05, 0) is 43.8 Å². The maximum Gasteiger partial charge on any atom is 0.0358 e. The minimum atomic E-state index is 0.471. The summed E-state index contributed by atoms with van der Waals surface area (Å²) in [5.41, 5.74) is 1.43. The van der Waals surface area contributed by atoms with Crippen LogP contribution in [0, 0.1) is 5.92 Å². The summed E-state index contributed by atoms with van der Waals surface area (Å²) in [6, 6.07) is 12.3. The predicted octanol–water partition coefficient (Wildman–Crippen LogP) is 4.24. The number of nitrogens with zero attached hydrogens (tertiary/aromatic N) is 1. The summed E-state index contributed by atoms with van der Waals surface area (Å²) in [5.74, 6) is 0.643. The molecule has 1 aromatic carbocycles. The highest BCUT2D eigenvalue weighted by Gasteiger charge is 2.31. The largest absolute Gasteiger partial charge is 0.310 e. The van der Waals surface area contributed by atoms with E-state index in [-0.39, 0.29) is 0 Å². The first-order valence-corrected chi connectivity index (χ1v) is 8.78. The Labute approximate surface area is 130 Å². The lowest BCUT2D eigenvalue weighted by molar-refractivity contribution is 0.200. The summed E-state index contributed by atoms with van der Waals surface area (Å²) in [6.07, 6.45) is 5.45. The molecule has 0 saturated heterocycles. The van der Waals surface area contributed by atoms with Gasteiger partial charge >= 0.3 is 0 Å². The molecule has 2 heteroatoms. The molecule has 1 fully saturated rings. The lowest BCUT2D eigenvalue weighted by Crippen LogP contribution is -2.37. The number of benzene rings is 1. The van der Waals surface area contributed by atoms with E-state index in [4.69, 9.17) is 0 Å². The Morgan fingerprint density at radius 1 is 1.19 bits per heavy atom. The fraction of sp³-hybridized carbons (Fsp3) is 0.684. The van der Waals surface area contributed by atoms with Gasteiger partial charge in [0.15, 0.2) is 0 Å². The van der Waals surface area contributed by atoms with Crippen molar-refractivity contribution in [3.8, 4) is 0 Å². The molecule has 0 heterocycles. The molecular weight excluding hydrogens is 256 g/mol. The Kier molecular flexibility index (Phi) is 6.72. The van der Waals surface area contributed by atoms with Crippen LogP contribution in [0.1, 0.15) is 58.1 Å². The average molecular weight is 288 g/mol.